The van der Waals surface area contributed by atoms with E-state index in [2.05, 4.69) is 10.3 Å². The monoisotopic (exact) mass is 376 g/mol. The molecular formula is C20H19F3N2O2. The number of hydrogen-bond donors (Lipinski definition) is 2. The Morgan fingerprint density at radius 1 is 1.07 bits per heavy atom. The van der Waals surface area contributed by atoms with Crippen molar-refractivity contribution in [3.8, 4) is 5.75 Å². The molecule has 0 spiro atoms. The maximum Gasteiger partial charge on any atom is 0.416 e. The Kier molecular flexibility index (Phi) is 5.23. The highest BCUT2D eigenvalue weighted by Gasteiger charge is 2.44. The number of nitrogens with one attached hydrogen (secondary N) is 1. The number of aryl methyl sites for hydroxylation is 1. The number of aromatic nitrogens is 1. The molecule has 4 nitrogen and oxygen atoms in total. The van der Waals surface area contributed by atoms with Gasteiger partial charge in [-0.3, -0.25) is 4.98 Å². The lowest BCUT2D eigenvalue weighted by Crippen LogP contribution is -2.38. The van der Waals surface area contributed by atoms with Gasteiger partial charge in [-0.1, -0.05) is 18.2 Å². The average molecular weight is 376 g/mol. The number of methoxy groups -OCH3 is 1. The Morgan fingerprint density at radius 3 is 2.52 bits per heavy atom. The van der Waals surface area contributed by atoms with Crippen LogP contribution in [0, 0.1) is 6.92 Å². The zero-order valence-corrected chi connectivity index (χ0v) is 14.8. The van der Waals surface area contributed by atoms with Crippen LogP contribution >= 0.6 is 0 Å². The second-order valence-corrected chi connectivity index (χ2v) is 6.21. The van der Waals surface area contributed by atoms with Gasteiger partial charge in [0.2, 0.25) is 0 Å². The topological polar surface area (TPSA) is 54.4 Å². The van der Waals surface area contributed by atoms with Gasteiger partial charge >= 0.3 is 6.18 Å². The van der Waals surface area contributed by atoms with Crippen LogP contribution in [0.1, 0.15) is 17.3 Å². The molecule has 0 radical (unpaired) electrons. The van der Waals surface area contributed by atoms with Crippen molar-refractivity contribution in [2.45, 2.75) is 25.2 Å². The second kappa shape index (κ2) is 7.44. The molecule has 2 N–H and O–H groups in total. The molecule has 1 aromatic heterocycles. The lowest BCUT2D eigenvalue weighted by atomic mass is 9.99. The summed E-state index contributed by atoms with van der Waals surface area (Å²) in [4.78, 5) is 4.39. The molecule has 142 valence electrons. The maximum atomic E-state index is 13.3. The van der Waals surface area contributed by atoms with Crippen LogP contribution in [0.25, 0.3) is 10.9 Å². The quantitative estimate of drug-likeness (QED) is 0.682. The van der Waals surface area contributed by atoms with E-state index < -0.39 is 18.3 Å². The summed E-state index contributed by atoms with van der Waals surface area (Å²) in [5.41, 5.74) is 2.18. The number of anilines is 1. The fourth-order valence-corrected chi connectivity index (χ4v) is 2.92. The van der Waals surface area contributed by atoms with Crippen molar-refractivity contribution in [2.24, 2.45) is 0 Å². The first-order chi connectivity index (χ1) is 12.8. The summed E-state index contributed by atoms with van der Waals surface area (Å²) >= 11 is 0. The largest absolute Gasteiger partial charge is 0.497 e. The Balaban J connectivity index is 2.06. The number of pyridine rings is 1. The van der Waals surface area contributed by atoms with E-state index in [-0.39, 0.29) is 5.56 Å². The van der Waals surface area contributed by atoms with Crippen molar-refractivity contribution < 1.29 is 23.0 Å². The van der Waals surface area contributed by atoms with E-state index in [1.54, 1.807) is 42.5 Å². The van der Waals surface area contributed by atoms with Crippen molar-refractivity contribution in [1.82, 2.24) is 4.98 Å². The van der Waals surface area contributed by atoms with E-state index in [4.69, 9.17) is 4.74 Å². The molecule has 0 aliphatic heterocycles. The fraction of sp³-hybridized carbons (Fsp3) is 0.250. The van der Waals surface area contributed by atoms with Crippen molar-refractivity contribution in [3.05, 3.63) is 65.9 Å². The predicted molar refractivity (Wildman–Crippen MR) is 97.9 cm³/mol. The summed E-state index contributed by atoms with van der Waals surface area (Å²) in [7, 11) is 1.43. The molecule has 0 amide bonds. The molecule has 7 heteroatoms. The van der Waals surface area contributed by atoms with Crippen LogP contribution in [-0.2, 0) is 0 Å². The standard InChI is InChI=1S/C20H19F3N2O2/c1-12-9-10-15-16(24-12)7-4-8-17(15)25-18(19(26)20(21,22)23)13-5-3-6-14(11-13)27-2/h3-11,18-19,25-26H,1-2H3. The molecule has 3 aromatic rings. The lowest BCUT2D eigenvalue weighted by Gasteiger charge is -2.28. The first-order valence-corrected chi connectivity index (χ1v) is 8.31. The van der Waals surface area contributed by atoms with Crippen molar-refractivity contribution in [1.29, 1.82) is 0 Å². The van der Waals surface area contributed by atoms with Gasteiger partial charge in [0.1, 0.15) is 5.75 Å². The van der Waals surface area contributed by atoms with Crippen molar-refractivity contribution in [3.63, 3.8) is 0 Å². The van der Waals surface area contributed by atoms with Crippen LogP contribution in [0.15, 0.2) is 54.6 Å². The smallest absolute Gasteiger partial charge is 0.416 e. The molecular weight excluding hydrogens is 357 g/mol. The summed E-state index contributed by atoms with van der Waals surface area (Å²) in [6.45, 7) is 1.84. The molecule has 2 atom stereocenters. The third-order valence-corrected chi connectivity index (χ3v) is 4.29. The van der Waals surface area contributed by atoms with Gasteiger partial charge in [-0.25, -0.2) is 0 Å². The van der Waals surface area contributed by atoms with Gasteiger partial charge in [0.05, 0.1) is 18.7 Å². The van der Waals surface area contributed by atoms with E-state index in [0.717, 1.165) is 5.69 Å². The van der Waals surface area contributed by atoms with E-state index >= 15 is 0 Å². The number of ether oxygens (including phenoxy) is 1. The molecule has 0 aliphatic rings. The first kappa shape index (κ1) is 19.0. The number of benzene rings is 2. The maximum absolute atomic E-state index is 13.3. The summed E-state index contributed by atoms with van der Waals surface area (Å²) in [6, 6.07) is 13.5. The molecule has 0 fully saturated rings. The second-order valence-electron chi connectivity index (χ2n) is 6.21. The van der Waals surface area contributed by atoms with Crippen molar-refractivity contribution >= 4 is 16.6 Å². The summed E-state index contributed by atoms with van der Waals surface area (Å²) in [5, 5.41) is 13.5. The van der Waals surface area contributed by atoms with Crippen LogP contribution in [0.2, 0.25) is 0 Å². The normalized spacial score (nSPS) is 14.0. The van der Waals surface area contributed by atoms with Gasteiger partial charge in [0, 0.05) is 16.8 Å². The molecule has 27 heavy (non-hydrogen) atoms. The number of nitrogens with zero attached hydrogens (tertiary/aromatic N) is 1. The van der Waals surface area contributed by atoms with Crippen molar-refractivity contribution in [2.75, 3.05) is 12.4 Å². The van der Waals surface area contributed by atoms with Crippen LogP contribution in [0.5, 0.6) is 5.75 Å². The zero-order chi connectivity index (χ0) is 19.6. The molecule has 2 aromatic carbocycles. The van der Waals surface area contributed by atoms with Gasteiger partial charge in [0.25, 0.3) is 0 Å². The fourth-order valence-electron chi connectivity index (χ4n) is 2.92. The van der Waals surface area contributed by atoms with E-state index in [9.17, 15) is 18.3 Å². The highest BCUT2D eigenvalue weighted by Crippen LogP contribution is 2.35. The Labute approximate surface area is 154 Å². The average Bonchev–Trinajstić information content (AvgIpc) is 2.64. The minimum absolute atomic E-state index is 0.260. The Morgan fingerprint density at radius 2 is 1.81 bits per heavy atom. The SMILES string of the molecule is COc1cccc(C(Nc2cccc3nc(C)ccc23)C(O)C(F)(F)F)c1. The van der Waals surface area contributed by atoms with Gasteiger partial charge in [-0.05, 0) is 48.9 Å². The molecule has 0 aliphatic carbocycles. The molecule has 3 rings (SSSR count). The first-order valence-electron chi connectivity index (χ1n) is 8.31. The molecule has 0 saturated heterocycles. The number of halogens is 3. The zero-order valence-electron chi connectivity index (χ0n) is 14.8. The van der Waals surface area contributed by atoms with E-state index in [1.807, 2.05) is 6.92 Å². The minimum atomic E-state index is -4.79. The Bertz CT molecular complexity index is 944. The molecule has 2 unspecified atom stereocenters. The molecule has 0 bridgehead atoms. The third-order valence-electron chi connectivity index (χ3n) is 4.29. The van der Waals surface area contributed by atoms with E-state index in [0.29, 0.717) is 22.3 Å². The number of hydrogen-bond acceptors (Lipinski definition) is 4. The van der Waals surface area contributed by atoms with Gasteiger partial charge < -0.3 is 15.2 Å². The van der Waals surface area contributed by atoms with Crippen LogP contribution in [0.4, 0.5) is 18.9 Å². The molecule has 1 heterocycles. The number of rotatable bonds is 5. The van der Waals surface area contributed by atoms with E-state index in [1.165, 1.54) is 19.2 Å². The summed E-state index contributed by atoms with van der Waals surface area (Å²) in [6.07, 6.45) is -7.39. The number of fused-ring (bicyclic) bond motifs is 1. The predicted octanol–water partition coefficient (Wildman–Crippen LogP) is 4.63. The molecule has 0 saturated carbocycles. The number of aliphatic hydroxyl groups excluding tert-OH is 1. The van der Waals surface area contributed by atoms with Gasteiger partial charge in [-0.2, -0.15) is 13.2 Å². The van der Waals surface area contributed by atoms with Gasteiger partial charge in [0.15, 0.2) is 6.10 Å². The van der Waals surface area contributed by atoms with Gasteiger partial charge in [-0.15, -0.1) is 0 Å². The highest BCUT2D eigenvalue weighted by molar-refractivity contribution is 5.91. The lowest BCUT2D eigenvalue weighted by molar-refractivity contribution is -0.208. The Hall–Kier alpha value is -2.80. The summed E-state index contributed by atoms with van der Waals surface area (Å²) < 4.78 is 45.0. The number of alkyl halides is 3. The minimum Gasteiger partial charge on any atom is -0.497 e. The third kappa shape index (κ3) is 4.14. The van der Waals surface area contributed by atoms with Crippen LogP contribution in [0.3, 0.4) is 0 Å². The highest BCUT2D eigenvalue weighted by atomic mass is 19.4. The van der Waals surface area contributed by atoms with Crippen LogP contribution in [-0.4, -0.2) is 29.5 Å². The van der Waals surface area contributed by atoms with Crippen LogP contribution < -0.4 is 10.1 Å². The number of aliphatic hydroxyl groups is 1. The summed E-state index contributed by atoms with van der Waals surface area (Å²) in [5.74, 6) is 0.406.